The monoisotopic (exact) mass is 425 g/mol. The lowest BCUT2D eigenvalue weighted by Gasteiger charge is -2.07. The highest BCUT2D eigenvalue weighted by atomic mass is 32.1. The average molecular weight is 425 g/mol. The Kier molecular flexibility index (Phi) is 5.42. The van der Waals surface area contributed by atoms with Crippen molar-refractivity contribution in [3.8, 4) is 0 Å². The number of thiazole rings is 1. The number of ketones is 1. The van der Waals surface area contributed by atoms with Gasteiger partial charge in [0.05, 0.1) is 36.6 Å². The highest BCUT2D eigenvalue weighted by molar-refractivity contribution is 7.18. The molecule has 0 fully saturated rings. The predicted octanol–water partition coefficient (Wildman–Crippen LogP) is 3.51. The Morgan fingerprint density at radius 1 is 1.24 bits per heavy atom. The Morgan fingerprint density at radius 3 is 2.55 bits per heavy atom. The molecule has 0 bridgehead atoms. The molecule has 0 atom stereocenters. The molecular weight excluding hydrogens is 411 g/mol. The van der Waals surface area contributed by atoms with Gasteiger partial charge in [-0.2, -0.15) is 18.2 Å². The van der Waals surface area contributed by atoms with Crippen molar-refractivity contribution in [2.45, 2.75) is 13.1 Å². The first-order valence-electron chi connectivity index (χ1n) is 8.07. The maximum absolute atomic E-state index is 12.9. The van der Waals surface area contributed by atoms with E-state index in [1.165, 1.54) is 31.1 Å². The summed E-state index contributed by atoms with van der Waals surface area (Å²) in [5, 5.41) is 4.09. The van der Waals surface area contributed by atoms with Crippen LogP contribution in [0.5, 0.6) is 0 Å². The minimum atomic E-state index is -4.57. The number of alkyl halides is 3. The molecule has 7 nitrogen and oxygen atoms in total. The molecule has 0 aliphatic carbocycles. The van der Waals surface area contributed by atoms with Crippen LogP contribution in [0.3, 0.4) is 0 Å². The zero-order chi connectivity index (χ0) is 21.3. The molecule has 0 saturated carbocycles. The Labute approximate surface area is 166 Å². The third kappa shape index (κ3) is 3.86. The zero-order valence-corrected chi connectivity index (χ0v) is 16.2. The number of benzene rings is 1. The summed E-state index contributed by atoms with van der Waals surface area (Å²) in [6, 6.07) is 4.05. The van der Waals surface area contributed by atoms with Crippen LogP contribution >= 0.6 is 11.3 Å². The number of esters is 1. The fraction of sp³-hybridized carbons (Fsp3) is 0.222. The fourth-order valence-corrected chi connectivity index (χ4v) is 3.63. The van der Waals surface area contributed by atoms with E-state index in [9.17, 15) is 22.8 Å². The van der Waals surface area contributed by atoms with Crippen molar-refractivity contribution in [1.82, 2.24) is 14.6 Å². The molecule has 2 aromatic heterocycles. The summed E-state index contributed by atoms with van der Waals surface area (Å²) in [5.74, 6) is -1.62. The number of carbonyl (C=O) groups is 2. The van der Waals surface area contributed by atoms with E-state index in [4.69, 9.17) is 9.47 Å². The van der Waals surface area contributed by atoms with E-state index < -0.39 is 23.5 Å². The van der Waals surface area contributed by atoms with Crippen molar-refractivity contribution >= 4 is 33.6 Å². The summed E-state index contributed by atoms with van der Waals surface area (Å²) in [7, 11) is 2.60. The van der Waals surface area contributed by atoms with Crippen molar-refractivity contribution in [2.75, 3.05) is 14.2 Å². The molecule has 0 saturated heterocycles. The maximum atomic E-state index is 12.9. The number of ether oxygens (including phenoxy) is 2. The van der Waals surface area contributed by atoms with Crippen LogP contribution in [-0.2, 0) is 20.4 Å². The molecule has 0 aliphatic rings. The van der Waals surface area contributed by atoms with Crippen LogP contribution in [0.25, 0.3) is 10.5 Å². The number of rotatable bonds is 5. The molecule has 152 valence electrons. The van der Waals surface area contributed by atoms with E-state index in [1.54, 1.807) is 6.92 Å². The van der Waals surface area contributed by atoms with Crippen molar-refractivity contribution in [2.24, 2.45) is 0 Å². The molecular formula is C18H14F3N3O4S. The number of aryl methyl sites for hydroxylation is 1. The van der Waals surface area contributed by atoms with E-state index in [1.807, 2.05) is 0 Å². The minimum Gasteiger partial charge on any atom is -0.503 e. The van der Waals surface area contributed by atoms with Gasteiger partial charge >= 0.3 is 12.1 Å². The lowest BCUT2D eigenvalue weighted by atomic mass is 10.1. The second-order valence-electron chi connectivity index (χ2n) is 5.81. The quantitative estimate of drug-likeness (QED) is 0.269. The van der Waals surface area contributed by atoms with Gasteiger partial charge in [-0.05, 0) is 19.1 Å². The van der Waals surface area contributed by atoms with Crippen LogP contribution in [0, 0.1) is 6.92 Å². The van der Waals surface area contributed by atoms with Crippen LogP contribution in [0.2, 0.25) is 0 Å². The molecule has 0 unspecified atom stereocenters. The number of fused-ring (bicyclic) bond motifs is 1. The van der Waals surface area contributed by atoms with Gasteiger partial charge in [0.1, 0.15) is 5.57 Å². The number of aromatic nitrogens is 3. The first kappa shape index (κ1) is 20.5. The molecule has 3 aromatic rings. The number of halogens is 3. The standard InChI is InChI=1S/C18H14F3N3O4S/c1-9-14(12(8-27-2)16(26)28-3)29-17-22-15(23-24(9)17)13(25)10-5-4-6-11(7-10)18(19,20)21/h4-8H,1-3H3/b12-8-. The predicted molar refractivity (Wildman–Crippen MR) is 97.5 cm³/mol. The largest absolute Gasteiger partial charge is 0.503 e. The Hall–Kier alpha value is -3.21. The number of hydrogen-bond donors (Lipinski definition) is 0. The topological polar surface area (TPSA) is 82.8 Å². The van der Waals surface area contributed by atoms with Crippen molar-refractivity contribution in [3.63, 3.8) is 0 Å². The average Bonchev–Trinajstić information content (AvgIpc) is 3.24. The van der Waals surface area contributed by atoms with Gasteiger partial charge in [0.25, 0.3) is 0 Å². The van der Waals surface area contributed by atoms with Crippen LogP contribution in [0.4, 0.5) is 13.2 Å². The molecule has 0 N–H and O–H groups in total. The zero-order valence-electron chi connectivity index (χ0n) is 15.4. The number of methoxy groups -OCH3 is 2. The summed E-state index contributed by atoms with van der Waals surface area (Å²) >= 11 is 1.06. The lowest BCUT2D eigenvalue weighted by Crippen LogP contribution is -2.09. The fourth-order valence-electron chi connectivity index (χ4n) is 2.58. The van der Waals surface area contributed by atoms with Gasteiger partial charge in [0.2, 0.25) is 16.6 Å². The summed E-state index contributed by atoms with van der Waals surface area (Å²) in [6.07, 6.45) is -3.35. The van der Waals surface area contributed by atoms with E-state index >= 15 is 0 Å². The van der Waals surface area contributed by atoms with Crippen LogP contribution in [0.15, 0.2) is 30.5 Å². The Bertz CT molecular complexity index is 1130. The minimum absolute atomic E-state index is 0.149. The molecule has 2 heterocycles. The van der Waals surface area contributed by atoms with Gasteiger partial charge in [-0.3, -0.25) is 4.79 Å². The first-order valence-corrected chi connectivity index (χ1v) is 8.88. The lowest BCUT2D eigenvalue weighted by molar-refractivity contribution is -0.137. The summed E-state index contributed by atoms with van der Waals surface area (Å²) in [6.45, 7) is 1.65. The van der Waals surface area contributed by atoms with Gasteiger partial charge in [0.15, 0.2) is 0 Å². The van der Waals surface area contributed by atoms with Gasteiger partial charge in [-0.25, -0.2) is 9.31 Å². The van der Waals surface area contributed by atoms with E-state index in [2.05, 4.69) is 10.1 Å². The summed E-state index contributed by atoms with van der Waals surface area (Å²) in [4.78, 5) is 29.4. The summed E-state index contributed by atoms with van der Waals surface area (Å²) in [5.41, 5.74) is -0.467. The molecule has 0 amide bonds. The maximum Gasteiger partial charge on any atom is 0.416 e. The highest BCUT2D eigenvalue weighted by Crippen LogP contribution is 2.31. The number of nitrogens with zero attached hydrogens (tertiary/aromatic N) is 3. The van der Waals surface area contributed by atoms with Crippen LogP contribution in [0.1, 0.15) is 32.3 Å². The number of carbonyl (C=O) groups excluding carboxylic acids is 2. The SMILES string of the molecule is CO/C=C(\C(=O)OC)c1sc2nc(C(=O)c3cccc(C(F)(F)F)c3)nn2c1C. The normalized spacial score (nSPS) is 12.3. The molecule has 1 aromatic carbocycles. The third-order valence-electron chi connectivity index (χ3n) is 3.96. The molecule has 0 spiro atoms. The van der Waals surface area contributed by atoms with Crippen LogP contribution in [-0.4, -0.2) is 40.6 Å². The van der Waals surface area contributed by atoms with Crippen LogP contribution < -0.4 is 0 Å². The third-order valence-corrected chi connectivity index (χ3v) is 5.12. The molecule has 0 aliphatic heterocycles. The van der Waals surface area contributed by atoms with E-state index in [0.717, 1.165) is 29.5 Å². The van der Waals surface area contributed by atoms with Gasteiger partial charge in [-0.15, -0.1) is 5.10 Å². The van der Waals surface area contributed by atoms with E-state index in [0.29, 0.717) is 15.5 Å². The summed E-state index contributed by atoms with van der Waals surface area (Å²) < 4.78 is 49.6. The molecule has 0 radical (unpaired) electrons. The van der Waals surface area contributed by atoms with E-state index in [-0.39, 0.29) is 17.0 Å². The second-order valence-corrected chi connectivity index (χ2v) is 6.79. The highest BCUT2D eigenvalue weighted by Gasteiger charge is 2.31. The van der Waals surface area contributed by atoms with Crippen molar-refractivity contribution < 1.29 is 32.2 Å². The second kappa shape index (κ2) is 7.66. The van der Waals surface area contributed by atoms with Gasteiger partial charge < -0.3 is 9.47 Å². The smallest absolute Gasteiger partial charge is 0.416 e. The van der Waals surface area contributed by atoms with Gasteiger partial charge in [0, 0.05) is 5.56 Å². The Balaban J connectivity index is 2.01. The number of hydrogen-bond acceptors (Lipinski definition) is 7. The van der Waals surface area contributed by atoms with Crippen molar-refractivity contribution in [1.29, 1.82) is 0 Å². The first-order chi connectivity index (χ1) is 13.7. The molecule has 3 rings (SSSR count). The Morgan fingerprint density at radius 2 is 1.97 bits per heavy atom. The van der Waals surface area contributed by atoms with Crippen molar-refractivity contribution in [3.05, 3.63) is 58.0 Å². The molecule has 29 heavy (non-hydrogen) atoms. The van der Waals surface area contributed by atoms with Gasteiger partial charge in [-0.1, -0.05) is 23.5 Å². The molecule has 11 heteroatoms.